The highest BCUT2D eigenvalue weighted by Crippen LogP contribution is 2.58. The molecule has 0 nitrogen and oxygen atoms in total. The van der Waals surface area contributed by atoms with E-state index in [1.54, 1.807) is 0 Å². The molecule has 0 radical (unpaired) electrons. The molecule has 0 heteroatoms. The second-order valence-electron chi connectivity index (χ2n) is 10.0. The molecule has 0 spiro atoms. The first-order valence-corrected chi connectivity index (χ1v) is 13.6. The van der Waals surface area contributed by atoms with Gasteiger partial charge in [0, 0.05) is 0 Å². The summed E-state index contributed by atoms with van der Waals surface area (Å²) in [6.07, 6.45) is 1.25. The van der Waals surface area contributed by atoms with Crippen LogP contribution in [0.1, 0.15) is 42.5 Å². The quantitative estimate of drug-likeness (QED) is 0.232. The van der Waals surface area contributed by atoms with E-state index in [1.807, 2.05) is 0 Å². The number of rotatable bonds is 3. The van der Waals surface area contributed by atoms with Crippen molar-refractivity contribution >= 4 is 10.8 Å². The molecule has 0 saturated carbocycles. The van der Waals surface area contributed by atoms with Gasteiger partial charge in [0.1, 0.15) is 0 Å². The fourth-order valence-electron chi connectivity index (χ4n) is 6.09. The molecule has 7 rings (SSSR count). The van der Waals surface area contributed by atoms with E-state index >= 15 is 0 Å². The average Bonchev–Trinajstić information content (AvgIpc) is 3.30. The zero-order chi connectivity index (χ0) is 26.0. The minimum atomic E-state index is -0.360. The van der Waals surface area contributed by atoms with E-state index in [4.69, 9.17) is 0 Å². The van der Waals surface area contributed by atoms with Crippen molar-refractivity contribution in [3.8, 4) is 22.3 Å². The van der Waals surface area contributed by atoms with Crippen molar-refractivity contribution in [2.75, 3.05) is 0 Å². The van der Waals surface area contributed by atoms with Crippen molar-refractivity contribution in [2.24, 2.45) is 0 Å². The Morgan fingerprint density at radius 1 is 0.447 bits per heavy atom. The zero-order valence-electron chi connectivity index (χ0n) is 22.1. The third-order valence-corrected chi connectivity index (χ3v) is 7.54. The summed E-state index contributed by atoms with van der Waals surface area (Å²) in [5.74, 6) is 0. The normalized spacial score (nSPS) is 12.8. The molecule has 0 atom stereocenters. The number of benzene rings is 6. The SMILES string of the molecule is CCC.c1ccc(C2(c3ccccc3)c3ccccc3-c3c(-c4ccc5ccccc5c4)cccc32)cc1. The van der Waals surface area contributed by atoms with E-state index in [1.165, 1.54) is 61.7 Å². The predicted octanol–water partition coefficient (Wildman–Crippen LogP) is 10.3. The van der Waals surface area contributed by atoms with Gasteiger partial charge in [-0.1, -0.05) is 160 Å². The lowest BCUT2D eigenvalue weighted by molar-refractivity contribution is 0.768. The van der Waals surface area contributed by atoms with Crippen LogP contribution < -0.4 is 0 Å². The van der Waals surface area contributed by atoms with Crippen LogP contribution in [0.15, 0.2) is 146 Å². The van der Waals surface area contributed by atoms with E-state index in [0.29, 0.717) is 0 Å². The minimum absolute atomic E-state index is 0.360. The maximum absolute atomic E-state index is 2.33. The van der Waals surface area contributed by atoms with Gasteiger partial charge in [0.15, 0.2) is 0 Å². The minimum Gasteiger partial charge on any atom is -0.0656 e. The fourth-order valence-corrected chi connectivity index (χ4v) is 6.09. The molecule has 6 aromatic carbocycles. The lowest BCUT2D eigenvalue weighted by Gasteiger charge is -2.34. The molecule has 0 fully saturated rings. The second-order valence-corrected chi connectivity index (χ2v) is 10.0. The van der Waals surface area contributed by atoms with Crippen molar-refractivity contribution in [3.63, 3.8) is 0 Å². The van der Waals surface area contributed by atoms with Gasteiger partial charge in [-0.3, -0.25) is 0 Å². The fraction of sp³-hybridized carbons (Fsp3) is 0.105. The Hall–Kier alpha value is -4.42. The highest BCUT2D eigenvalue weighted by molar-refractivity contribution is 5.97. The van der Waals surface area contributed by atoms with Crippen LogP contribution in [0, 0.1) is 0 Å². The molecule has 1 aliphatic carbocycles. The first-order chi connectivity index (χ1) is 18.8. The lowest BCUT2D eigenvalue weighted by atomic mass is 9.67. The van der Waals surface area contributed by atoms with Crippen LogP contribution >= 0.6 is 0 Å². The largest absolute Gasteiger partial charge is 0.0713 e. The van der Waals surface area contributed by atoms with Gasteiger partial charge in [0.25, 0.3) is 0 Å². The van der Waals surface area contributed by atoms with Gasteiger partial charge in [-0.15, -0.1) is 0 Å². The molecule has 0 aliphatic heterocycles. The highest BCUT2D eigenvalue weighted by Gasteiger charge is 2.46. The standard InChI is InChI=1S/C35H24.C3H8/c1-3-14-28(15-4-1)35(29-16-5-2-6-17-29)32-20-10-9-18-31(32)34-30(19-11-21-33(34)35)27-23-22-25-12-7-8-13-26(25)24-27;1-3-2/h1-24H;3H2,1-2H3. The summed E-state index contributed by atoms with van der Waals surface area (Å²) in [5.41, 5.74) is 10.1. The zero-order valence-corrected chi connectivity index (χ0v) is 22.1. The summed E-state index contributed by atoms with van der Waals surface area (Å²) >= 11 is 0. The molecule has 0 bridgehead atoms. The Kier molecular flexibility index (Phi) is 6.40. The molecule has 6 aromatic rings. The first-order valence-electron chi connectivity index (χ1n) is 13.6. The van der Waals surface area contributed by atoms with Crippen LogP contribution in [0.25, 0.3) is 33.0 Å². The van der Waals surface area contributed by atoms with Gasteiger partial charge in [0.2, 0.25) is 0 Å². The van der Waals surface area contributed by atoms with Crippen molar-refractivity contribution < 1.29 is 0 Å². The van der Waals surface area contributed by atoms with Crippen molar-refractivity contribution in [1.29, 1.82) is 0 Å². The van der Waals surface area contributed by atoms with Crippen molar-refractivity contribution in [3.05, 3.63) is 168 Å². The third kappa shape index (κ3) is 3.76. The second kappa shape index (κ2) is 10.1. The number of hydrogen-bond donors (Lipinski definition) is 0. The van der Waals surface area contributed by atoms with Gasteiger partial charge < -0.3 is 0 Å². The average molecular weight is 489 g/mol. The Bertz CT molecular complexity index is 1650. The molecule has 1 aliphatic rings. The number of hydrogen-bond acceptors (Lipinski definition) is 0. The van der Waals surface area contributed by atoms with Crippen LogP contribution in [0.3, 0.4) is 0 Å². The molecule has 38 heavy (non-hydrogen) atoms. The Balaban J connectivity index is 0.000000843. The topological polar surface area (TPSA) is 0 Å². The summed E-state index contributed by atoms with van der Waals surface area (Å²) in [4.78, 5) is 0. The molecular formula is C38H32. The molecule has 0 heterocycles. The third-order valence-electron chi connectivity index (χ3n) is 7.54. The summed E-state index contributed by atoms with van der Waals surface area (Å²) in [7, 11) is 0. The monoisotopic (exact) mass is 488 g/mol. The van der Waals surface area contributed by atoms with Crippen molar-refractivity contribution in [1.82, 2.24) is 0 Å². The summed E-state index contributed by atoms with van der Waals surface area (Å²) < 4.78 is 0. The van der Waals surface area contributed by atoms with Crippen LogP contribution in [0.5, 0.6) is 0 Å². The van der Waals surface area contributed by atoms with Crippen LogP contribution in [0.2, 0.25) is 0 Å². The molecule has 0 unspecified atom stereocenters. The van der Waals surface area contributed by atoms with E-state index in [-0.39, 0.29) is 5.41 Å². The summed E-state index contributed by atoms with van der Waals surface area (Å²) in [6, 6.07) is 53.2. The Labute approximate surface area is 226 Å². The van der Waals surface area contributed by atoms with E-state index < -0.39 is 0 Å². The van der Waals surface area contributed by atoms with Crippen LogP contribution in [0.4, 0.5) is 0 Å². The maximum atomic E-state index is 2.33. The smallest absolute Gasteiger partial charge is 0.0656 e. The number of fused-ring (bicyclic) bond motifs is 4. The van der Waals surface area contributed by atoms with E-state index in [0.717, 1.165) is 0 Å². The molecule has 0 aromatic heterocycles. The Morgan fingerprint density at radius 2 is 0.974 bits per heavy atom. The molecular weight excluding hydrogens is 456 g/mol. The van der Waals surface area contributed by atoms with Gasteiger partial charge in [-0.05, 0) is 61.3 Å². The molecule has 0 amide bonds. The first kappa shape index (κ1) is 23.9. The van der Waals surface area contributed by atoms with E-state index in [2.05, 4.69) is 159 Å². The van der Waals surface area contributed by atoms with Crippen molar-refractivity contribution in [2.45, 2.75) is 25.7 Å². The molecule has 0 saturated heterocycles. The molecule has 184 valence electrons. The van der Waals surface area contributed by atoms with Gasteiger partial charge >= 0.3 is 0 Å². The molecule has 0 N–H and O–H groups in total. The summed E-state index contributed by atoms with van der Waals surface area (Å²) in [5, 5.41) is 2.54. The summed E-state index contributed by atoms with van der Waals surface area (Å²) in [6.45, 7) is 4.25. The van der Waals surface area contributed by atoms with Gasteiger partial charge in [-0.2, -0.15) is 0 Å². The lowest BCUT2D eigenvalue weighted by Crippen LogP contribution is -2.28. The predicted molar refractivity (Wildman–Crippen MR) is 163 cm³/mol. The van der Waals surface area contributed by atoms with E-state index in [9.17, 15) is 0 Å². The van der Waals surface area contributed by atoms with Gasteiger partial charge in [0.05, 0.1) is 5.41 Å². The Morgan fingerprint density at radius 3 is 1.66 bits per heavy atom. The highest BCUT2D eigenvalue weighted by atomic mass is 14.5. The van der Waals surface area contributed by atoms with Crippen LogP contribution in [-0.2, 0) is 5.41 Å². The van der Waals surface area contributed by atoms with Crippen LogP contribution in [-0.4, -0.2) is 0 Å². The van der Waals surface area contributed by atoms with Gasteiger partial charge in [-0.25, -0.2) is 0 Å². The maximum Gasteiger partial charge on any atom is 0.0713 e.